The molecule has 0 saturated carbocycles. The molecule has 0 aliphatic carbocycles. The molecule has 0 bridgehead atoms. The number of ether oxygens (including phenoxy) is 1. The highest BCUT2D eigenvalue weighted by Gasteiger charge is 2.17. The van der Waals surface area contributed by atoms with Crippen molar-refractivity contribution in [3.8, 4) is 11.8 Å². The molecule has 0 amide bonds. The molecule has 0 aliphatic heterocycles. The number of aromatic nitrogens is 2. The van der Waals surface area contributed by atoms with Gasteiger partial charge in [0.05, 0.1) is 18.9 Å². The van der Waals surface area contributed by atoms with Gasteiger partial charge < -0.3 is 4.74 Å². The van der Waals surface area contributed by atoms with Gasteiger partial charge in [-0.1, -0.05) is 12.1 Å². The molecule has 1 aromatic heterocycles. The van der Waals surface area contributed by atoms with Gasteiger partial charge in [0.2, 0.25) is 0 Å². The highest BCUT2D eigenvalue weighted by molar-refractivity contribution is 5.47. The van der Waals surface area contributed by atoms with Gasteiger partial charge in [0.25, 0.3) is 0 Å². The summed E-state index contributed by atoms with van der Waals surface area (Å²) in [4.78, 5) is 8.04. The topological polar surface area (TPSA) is 58.8 Å². The van der Waals surface area contributed by atoms with Crippen LogP contribution in [0.15, 0.2) is 30.7 Å². The fourth-order valence-electron chi connectivity index (χ4n) is 2.26. The number of nitrogens with zero attached hydrogens (tertiary/aromatic N) is 3. The van der Waals surface area contributed by atoms with Gasteiger partial charge in [-0.2, -0.15) is 5.26 Å². The summed E-state index contributed by atoms with van der Waals surface area (Å²) in [5.74, 6) is 0.481. The monoisotopic (exact) mass is 253 g/mol. The number of hydrogen-bond acceptors (Lipinski definition) is 4. The third-order valence-corrected chi connectivity index (χ3v) is 3.05. The Hall–Kier alpha value is -2.41. The van der Waals surface area contributed by atoms with Gasteiger partial charge in [0.15, 0.2) is 0 Å². The Bertz CT molecular complexity index is 594. The lowest BCUT2D eigenvalue weighted by molar-refractivity contribution is 0.408. The Morgan fingerprint density at radius 3 is 2.42 bits per heavy atom. The first-order chi connectivity index (χ1) is 9.17. The molecule has 4 nitrogen and oxygen atoms in total. The van der Waals surface area contributed by atoms with Gasteiger partial charge in [0, 0.05) is 6.20 Å². The quantitative estimate of drug-likeness (QED) is 0.844. The molecule has 2 aromatic rings. The minimum atomic E-state index is -0.383. The molecule has 4 heteroatoms. The zero-order valence-electron chi connectivity index (χ0n) is 11.2. The lowest BCUT2D eigenvalue weighted by Crippen LogP contribution is -2.03. The van der Waals surface area contributed by atoms with Crippen molar-refractivity contribution in [2.45, 2.75) is 19.8 Å². The van der Waals surface area contributed by atoms with Crippen LogP contribution in [0, 0.1) is 25.2 Å². The molecule has 1 unspecified atom stereocenters. The average Bonchev–Trinajstić information content (AvgIpc) is 2.40. The Labute approximate surface area is 112 Å². The van der Waals surface area contributed by atoms with Gasteiger partial charge in [-0.25, -0.2) is 9.97 Å². The summed E-state index contributed by atoms with van der Waals surface area (Å²) in [6.45, 7) is 3.95. The molecule has 0 fully saturated rings. The number of benzene rings is 1. The summed E-state index contributed by atoms with van der Waals surface area (Å²) < 4.78 is 5.34. The van der Waals surface area contributed by atoms with Crippen LogP contribution < -0.4 is 4.74 Å². The molecule has 0 saturated heterocycles. The van der Waals surface area contributed by atoms with Crippen molar-refractivity contribution in [1.82, 2.24) is 9.97 Å². The molecule has 1 heterocycles. The maximum atomic E-state index is 9.40. The van der Waals surface area contributed by atoms with Crippen LogP contribution in [0.3, 0.4) is 0 Å². The van der Waals surface area contributed by atoms with Crippen LogP contribution in [0.2, 0.25) is 0 Å². The summed E-state index contributed by atoms with van der Waals surface area (Å²) in [5, 5.41) is 9.40. The van der Waals surface area contributed by atoms with E-state index in [4.69, 9.17) is 4.74 Å². The number of nitriles is 1. The molecular formula is C15H15N3O. The van der Waals surface area contributed by atoms with Gasteiger partial charge in [-0.3, -0.25) is 0 Å². The van der Waals surface area contributed by atoms with E-state index in [0.717, 1.165) is 22.4 Å². The largest absolute Gasteiger partial charge is 0.496 e. The second-order valence-electron chi connectivity index (χ2n) is 4.38. The van der Waals surface area contributed by atoms with Crippen LogP contribution >= 0.6 is 0 Å². The molecule has 0 aliphatic rings. The second-order valence-corrected chi connectivity index (χ2v) is 4.38. The standard InChI is InChI=1S/C15H15N3O/c1-10-6-12(7-11(2)15(10)19-3)13(8-16)14-4-5-17-9-18-14/h4-7,9,13H,1-3H3. The van der Waals surface area contributed by atoms with Gasteiger partial charge >= 0.3 is 0 Å². The SMILES string of the molecule is COc1c(C)cc(C(C#N)c2ccncn2)cc1C. The van der Waals surface area contributed by atoms with Crippen molar-refractivity contribution in [3.05, 3.63) is 53.1 Å². The van der Waals surface area contributed by atoms with E-state index in [1.807, 2.05) is 26.0 Å². The predicted octanol–water partition coefficient (Wildman–Crippen LogP) is 2.76. The first-order valence-corrected chi connectivity index (χ1v) is 5.98. The fraction of sp³-hybridized carbons (Fsp3) is 0.267. The third-order valence-electron chi connectivity index (χ3n) is 3.05. The van der Waals surface area contributed by atoms with Crippen molar-refractivity contribution in [1.29, 1.82) is 5.26 Å². The van der Waals surface area contributed by atoms with E-state index in [-0.39, 0.29) is 5.92 Å². The molecule has 0 spiro atoms. The minimum absolute atomic E-state index is 0.383. The smallest absolute Gasteiger partial charge is 0.124 e. The molecule has 19 heavy (non-hydrogen) atoms. The molecule has 1 atom stereocenters. The van der Waals surface area contributed by atoms with Crippen molar-refractivity contribution in [3.63, 3.8) is 0 Å². The Balaban J connectivity index is 2.49. The van der Waals surface area contributed by atoms with Crippen LogP contribution in [0.4, 0.5) is 0 Å². The van der Waals surface area contributed by atoms with Crippen LogP contribution in [-0.4, -0.2) is 17.1 Å². The van der Waals surface area contributed by atoms with Gasteiger partial charge in [-0.05, 0) is 36.6 Å². The second kappa shape index (κ2) is 5.49. The van der Waals surface area contributed by atoms with Crippen LogP contribution in [0.1, 0.15) is 28.3 Å². The van der Waals surface area contributed by atoms with Gasteiger partial charge in [-0.15, -0.1) is 0 Å². The molecule has 0 N–H and O–H groups in total. The van der Waals surface area contributed by atoms with E-state index < -0.39 is 0 Å². The third kappa shape index (κ3) is 2.55. The van der Waals surface area contributed by atoms with E-state index in [1.165, 1.54) is 6.33 Å². The predicted molar refractivity (Wildman–Crippen MR) is 72.0 cm³/mol. The maximum absolute atomic E-state index is 9.40. The summed E-state index contributed by atoms with van der Waals surface area (Å²) in [6.07, 6.45) is 3.11. The lowest BCUT2D eigenvalue weighted by atomic mass is 9.93. The zero-order chi connectivity index (χ0) is 13.8. The van der Waals surface area contributed by atoms with Crippen LogP contribution in [0.25, 0.3) is 0 Å². The highest BCUT2D eigenvalue weighted by Crippen LogP contribution is 2.30. The normalized spacial score (nSPS) is 11.7. The Morgan fingerprint density at radius 1 is 1.26 bits per heavy atom. The van der Waals surface area contributed by atoms with E-state index in [1.54, 1.807) is 19.4 Å². The number of rotatable bonds is 3. The highest BCUT2D eigenvalue weighted by atomic mass is 16.5. The summed E-state index contributed by atoms with van der Waals surface area (Å²) >= 11 is 0. The fourth-order valence-corrected chi connectivity index (χ4v) is 2.26. The van der Waals surface area contributed by atoms with Crippen molar-refractivity contribution in [2.24, 2.45) is 0 Å². The minimum Gasteiger partial charge on any atom is -0.496 e. The van der Waals surface area contributed by atoms with E-state index in [9.17, 15) is 5.26 Å². The average molecular weight is 253 g/mol. The molecule has 1 aromatic carbocycles. The first-order valence-electron chi connectivity index (χ1n) is 5.98. The number of aryl methyl sites for hydroxylation is 2. The van der Waals surface area contributed by atoms with Crippen molar-refractivity contribution >= 4 is 0 Å². The Morgan fingerprint density at radius 2 is 1.95 bits per heavy atom. The first kappa shape index (κ1) is 13.0. The summed E-state index contributed by atoms with van der Waals surface area (Å²) in [5.41, 5.74) is 3.68. The van der Waals surface area contributed by atoms with E-state index in [0.29, 0.717) is 5.69 Å². The van der Waals surface area contributed by atoms with Gasteiger partial charge in [0.1, 0.15) is 18.0 Å². The number of methoxy groups -OCH3 is 1. The van der Waals surface area contributed by atoms with Crippen molar-refractivity contribution < 1.29 is 4.74 Å². The van der Waals surface area contributed by atoms with Crippen LogP contribution in [-0.2, 0) is 0 Å². The van der Waals surface area contributed by atoms with E-state index >= 15 is 0 Å². The lowest BCUT2D eigenvalue weighted by Gasteiger charge is -2.14. The van der Waals surface area contributed by atoms with Crippen LogP contribution in [0.5, 0.6) is 5.75 Å². The maximum Gasteiger partial charge on any atom is 0.124 e. The number of hydrogen-bond donors (Lipinski definition) is 0. The zero-order valence-corrected chi connectivity index (χ0v) is 11.2. The van der Waals surface area contributed by atoms with E-state index in [2.05, 4.69) is 16.0 Å². The summed E-state index contributed by atoms with van der Waals surface area (Å²) in [6, 6.07) is 8.01. The molecule has 96 valence electrons. The molecule has 0 radical (unpaired) electrons. The molecule has 2 rings (SSSR count). The van der Waals surface area contributed by atoms with Crippen molar-refractivity contribution in [2.75, 3.05) is 7.11 Å². The summed E-state index contributed by atoms with van der Waals surface area (Å²) in [7, 11) is 1.65. The molecular weight excluding hydrogens is 238 g/mol. The Kier molecular flexibility index (Phi) is 3.76.